The molecule has 0 saturated heterocycles. The largest absolute Gasteiger partial charge is 0.496 e. The molecule has 0 amide bonds. The van der Waals surface area contributed by atoms with Gasteiger partial charge in [0.2, 0.25) is 11.4 Å². The van der Waals surface area contributed by atoms with E-state index in [-0.39, 0.29) is 45.8 Å². The smallest absolute Gasteiger partial charge is 0.231 e. The third kappa shape index (κ3) is 3.07. The minimum atomic E-state index is -1.53. The second-order valence-corrected chi connectivity index (χ2v) is 9.48. The van der Waals surface area contributed by atoms with Crippen molar-refractivity contribution in [2.75, 3.05) is 14.2 Å². The normalized spacial score (nSPS) is 25.6. The van der Waals surface area contributed by atoms with Gasteiger partial charge in [0.15, 0.2) is 17.3 Å². The maximum atomic E-state index is 13.9. The van der Waals surface area contributed by atoms with E-state index in [0.717, 1.165) is 5.56 Å². The Morgan fingerprint density at radius 1 is 1.00 bits per heavy atom. The first-order valence-electron chi connectivity index (χ1n) is 10.3. The zero-order valence-corrected chi connectivity index (χ0v) is 20.2. The van der Waals surface area contributed by atoms with Crippen LogP contribution in [0.3, 0.4) is 0 Å². The van der Waals surface area contributed by atoms with Gasteiger partial charge in [-0.2, -0.15) is 0 Å². The van der Waals surface area contributed by atoms with Crippen molar-refractivity contribution in [1.82, 2.24) is 0 Å². The van der Waals surface area contributed by atoms with Gasteiger partial charge in [-0.05, 0) is 17.7 Å². The lowest BCUT2D eigenvalue weighted by Crippen LogP contribution is -2.52. The number of fused-ring (bicyclic) bond motifs is 2. The van der Waals surface area contributed by atoms with Crippen molar-refractivity contribution >= 4 is 46.4 Å². The van der Waals surface area contributed by atoms with Crippen molar-refractivity contribution < 1.29 is 28.5 Å². The summed E-state index contributed by atoms with van der Waals surface area (Å²) in [5.74, 6) is 0.0382. The summed E-state index contributed by atoms with van der Waals surface area (Å²) in [7, 11) is 2.91. The first-order valence-corrected chi connectivity index (χ1v) is 11.4. The topological polar surface area (TPSA) is 71.1 Å². The molecule has 1 spiro atoms. The van der Waals surface area contributed by atoms with Crippen LogP contribution in [0.1, 0.15) is 41.8 Å². The molecule has 2 aliphatic heterocycles. The molecular weight excluding hydrogens is 491 g/mol. The number of benzene rings is 2. The van der Waals surface area contributed by atoms with Crippen molar-refractivity contribution in [2.45, 2.75) is 31.5 Å². The zero-order valence-electron chi connectivity index (χ0n) is 18.0. The molecule has 3 atom stereocenters. The first kappa shape index (κ1) is 22.4. The highest BCUT2D eigenvalue weighted by Gasteiger charge is 2.63. The number of hydrogen-bond acceptors (Lipinski definition) is 6. The number of ether oxygens (including phenoxy) is 4. The van der Waals surface area contributed by atoms with E-state index in [1.165, 1.54) is 14.2 Å². The third-order valence-corrected chi connectivity index (χ3v) is 7.61. The maximum Gasteiger partial charge on any atom is 0.231 e. The average Bonchev–Trinajstić information content (AvgIpc) is 3.37. The summed E-state index contributed by atoms with van der Waals surface area (Å²) in [6, 6.07) is 6.70. The Hall–Kier alpha value is -2.41. The van der Waals surface area contributed by atoms with Crippen LogP contribution in [0, 0.1) is 5.92 Å². The molecule has 33 heavy (non-hydrogen) atoms. The fourth-order valence-corrected chi connectivity index (χ4v) is 5.40. The molecule has 0 bridgehead atoms. The Morgan fingerprint density at radius 3 is 2.39 bits per heavy atom. The van der Waals surface area contributed by atoms with Gasteiger partial charge in [-0.25, -0.2) is 0 Å². The van der Waals surface area contributed by atoms with Gasteiger partial charge in [-0.15, -0.1) is 0 Å². The van der Waals surface area contributed by atoms with Crippen LogP contribution in [0.25, 0.3) is 0 Å². The van der Waals surface area contributed by atoms with Gasteiger partial charge < -0.3 is 18.9 Å². The van der Waals surface area contributed by atoms with Crippen LogP contribution < -0.4 is 14.2 Å². The summed E-state index contributed by atoms with van der Waals surface area (Å²) < 4.78 is 23.4. The summed E-state index contributed by atoms with van der Waals surface area (Å²) >= 11 is 18.8. The Morgan fingerprint density at radius 2 is 1.73 bits per heavy atom. The van der Waals surface area contributed by atoms with Crippen LogP contribution in [0.2, 0.25) is 15.1 Å². The highest BCUT2D eigenvalue weighted by molar-refractivity contribution is 6.42. The van der Waals surface area contributed by atoms with Crippen LogP contribution in [-0.4, -0.2) is 31.4 Å². The Bertz CT molecular complexity index is 1250. The van der Waals surface area contributed by atoms with Gasteiger partial charge in [0.25, 0.3) is 0 Å². The Kier molecular flexibility index (Phi) is 5.31. The molecule has 9 heteroatoms. The van der Waals surface area contributed by atoms with Crippen molar-refractivity contribution in [2.24, 2.45) is 5.92 Å². The number of rotatable bonds is 3. The minimum Gasteiger partial charge on any atom is -0.496 e. The van der Waals surface area contributed by atoms with Gasteiger partial charge in [0.05, 0.1) is 24.3 Å². The quantitative estimate of drug-likeness (QED) is 0.505. The molecule has 0 fully saturated rings. The lowest BCUT2D eigenvalue weighted by molar-refractivity contribution is -0.119. The van der Waals surface area contributed by atoms with E-state index in [1.54, 1.807) is 31.2 Å². The monoisotopic (exact) mass is 508 g/mol. The van der Waals surface area contributed by atoms with E-state index < -0.39 is 17.6 Å². The Balaban J connectivity index is 1.63. The highest BCUT2D eigenvalue weighted by atomic mass is 35.5. The van der Waals surface area contributed by atoms with E-state index in [9.17, 15) is 9.59 Å². The van der Waals surface area contributed by atoms with Gasteiger partial charge in [-0.1, -0.05) is 47.8 Å². The van der Waals surface area contributed by atoms with Crippen molar-refractivity contribution in [3.05, 3.63) is 61.8 Å². The first-order chi connectivity index (χ1) is 15.7. The number of ketones is 2. The summed E-state index contributed by atoms with van der Waals surface area (Å²) in [4.78, 5) is 26.9. The van der Waals surface area contributed by atoms with Gasteiger partial charge in [0.1, 0.15) is 28.2 Å². The van der Waals surface area contributed by atoms with Crippen molar-refractivity contribution in [1.29, 1.82) is 0 Å². The zero-order chi connectivity index (χ0) is 23.7. The van der Waals surface area contributed by atoms with Crippen LogP contribution in [0.15, 0.2) is 35.6 Å². The predicted octanol–water partition coefficient (Wildman–Crippen LogP) is 6.00. The highest BCUT2D eigenvalue weighted by Crippen LogP contribution is 2.58. The molecule has 0 unspecified atom stereocenters. The number of hydrogen-bond donors (Lipinski definition) is 0. The molecule has 5 rings (SSSR count). The molecule has 1 aliphatic carbocycles. The lowest BCUT2D eigenvalue weighted by Gasteiger charge is -2.37. The number of carbonyl (C=O) groups is 2. The SMILES string of the molecule is COc1cc(OC)c2c(c1Cl)O[C@]1(C2=O)C2=C(C[C@H](c3ccc(Cl)c(Cl)c3)O2)C(=O)C[C@H]1C. The molecule has 3 aliphatic rings. The molecule has 0 radical (unpaired) electrons. The Labute approximate surface area is 205 Å². The summed E-state index contributed by atoms with van der Waals surface area (Å²) in [5.41, 5.74) is -0.139. The fourth-order valence-electron chi connectivity index (χ4n) is 4.83. The number of carbonyl (C=O) groups excluding carboxylic acids is 2. The molecular formula is C24H19Cl3O6. The second-order valence-electron chi connectivity index (χ2n) is 8.29. The third-order valence-electron chi connectivity index (χ3n) is 6.52. The summed E-state index contributed by atoms with van der Waals surface area (Å²) in [6.45, 7) is 1.79. The van der Waals surface area contributed by atoms with E-state index in [4.69, 9.17) is 53.8 Å². The van der Waals surface area contributed by atoms with E-state index in [0.29, 0.717) is 27.8 Å². The van der Waals surface area contributed by atoms with Crippen LogP contribution in [-0.2, 0) is 9.53 Å². The van der Waals surface area contributed by atoms with Crippen molar-refractivity contribution in [3.8, 4) is 17.2 Å². The standard InChI is InChI=1S/C24H19Cl3O6/c1-10-6-15(28)12-8-16(11-4-5-13(25)14(26)7-11)32-23(12)24(10)22(29)19-17(30-2)9-18(31-3)20(27)21(19)33-24/h4-5,7,9-10,16H,6,8H2,1-3H3/t10-,16-,24-/m1/s1. The van der Waals surface area contributed by atoms with Crippen LogP contribution in [0.5, 0.6) is 17.2 Å². The summed E-state index contributed by atoms with van der Waals surface area (Å²) in [5, 5.41) is 0.947. The minimum absolute atomic E-state index is 0.0753. The molecule has 0 saturated carbocycles. The number of Topliss-reactive ketones (excluding diaryl/α,β-unsaturated/α-hetero) is 2. The van der Waals surface area contributed by atoms with Crippen LogP contribution in [0.4, 0.5) is 0 Å². The summed E-state index contributed by atoms with van der Waals surface area (Å²) in [6.07, 6.45) is -0.0857. The molecule has 0 N–H and O–H groups in total. The predicted molar refractivity (Wildman–Crippen MR) is 123 cm³/mol. The average molecular weight is 510 g/mol. The second kappa shape index (κ2) is 7.83. The number of methoxy groups -OCH3 is 2. The maximum absolute atomic E-state index is 13.9. The molecule has 6 nitrogen and oxygen atoms in total. The van der Waals surface area contributed by atoms with Gasteiger partial charge in [-0.3, -0.25) is 9.59 Å². The van der Waals surface area contributed by atoms with E-state index >= 15 is 0 Å². The van der Waals surface area contributed by atoms with Crippen LogP contribution >= 0.6 is 34.8 Å². The molecule has 2 aromatic carbocycles. The van der Waals surface area contributed by atoms with Gasteiger partial charge >= 0.3 is 0 Å². The van der Waals surface area contributed by atoms with Crippen molar-refractivity contribution in [3.63, 3.8) is 0 Å². The van der Waals surface area contributed by atoms with Gasteiger partial charge in [0, 0.05) is 30.4 Å². The molecule has 0 aromatic heterocycles. The van der Waals surface area contributed by atoms with E-state index in [1.807, 2.05) is 0 Å². The molecule has 172 valence electrons. The molecule has 2 aromatic rings. The molecule has 2 heterocycles. The lowest BCUT2D eigenvalue weighted by atomic mass is 9.73. The number of halogens is 3. The van der Waals surface area contributed by atoms with E-state index in [2.05, 4.69) is 0 Å². The fraction of sp³-hybridized carbons (Fsp3) is 0.333.